The molecule has 0 radical (unpaired) electrons. The summed E-state index contributed by atoms with van der Waals surface area (Å²) in [5.41, 5.74) is 4.71. The highest BCUT2D eigenvalue weighted by atomic mass is 32.2. The first kappa shape index (κ1) is 24.8. The minimum absolute atomic E-state index is 0.0730. The lowest BCUT2D eigenvalue weighted by Gasteiger charge is -2.49. The summed E-state index contributed by atoms with van der Waals surface area (Å²) in [6, 6.07) is 11.7. The van der Waals surface area contributed by atoms with Crippen LogP contribution in [0.2, 0.25) is 0 Å². The summed E-state index contributed by atoms with van der Waals surface area (Å²) in [7, 11) is -1.32. The fourth-order valence-corrected chi connectivity index (χ4v) is 6.66. The maximum atomic E-state index is 11.9. The molecule has 0 amide bonds. The average molecular weight is 512 g/mol. The number of benzene rings is 2. The first-order valence-electron chi connectivity index (χ1n) is 12.3. The molecule has 5 rings (SSSR count). The van der Waals surface area contributed by atoms with Crippen LogP contribution in [0.5, 0.6) is 5.75 Å². The zero-order valence-corrected chi connectivity index (χ0v) is 21.7. The predicted molar refractivity (Wildman–Crippen MR) is 139 cm³/mol. The number of hydrogen-bond donors (Lipinski definition) is 2. The van der Waals surface area contributed by atoms with Gasteiger partial charge < -0.3 is 14.8 Å². The van der Waals surface area contributed by atoms with Crippen LogP contribution < -0.4 is 4.74 Å². The molecule has 1 aromatic heterocycles. The van der Waals surface area contributed by atoms with Crippen molar-refractivity contribution in [3.05, 3.63) is 64.8 Å². The summed E-state index contributed by atoms with van der Waals surface area (Å²) in [5, 5.41) is 10.2. The van der Waals surface area contributed by atoms with Crippen LogP contribution in [-0.2, 0) is 16.4 Å². The van der Waals surface area contributed by atoms with E-state index >= 15 is 0 Å². The number of carboxylic acid groups (broad SMARTS) is 1. The van der Waals surface area contributed by atoms with Gasteiger partial charge in [0.05, 0.1) is 17.9 Å². The van der Waals surface area contributed by atoms with Gasteiger partial charge in [0.2, 0.25) is 0 Å². The number of rotatable bonds is 7. The van der Waals surface area contributed by atoms with Gasteiger partial charge in [0.25, 0.3) is 0 Å². The second kappa shape index (κ2) is 9.53. The Morgan fingerprint density at radius 1 is 1.19 bits per heavy atom. The molecule has 2 aromatic carbocycles. The molecule has 3 aromatic rings. The van der Waals surface area contributed by atoms with E-state index in [1.165, 1.54) is 6.26 Å². The topological polar surface area (TPSA) is 103 Å². The highest BCUT2D eigenvalue weighted by Gasteiger charge is 2.41. The number of hydrogen-bond acceptors (Lipinski definition) is 6. The maximum absolute atomic E-state index is 11.9. The normalized spacial score (nSPS) is 22.0. The number of aromatic carboxylic acids is 1. The molecule has 36 heavy (non-hydrogen) atoms. The molecule has 0 saturated carbocycles. The minimum atomic E-state index is -3.02. The number of methoxy groups -OCH3 is 1. The van der Waals surface area contributed by atoms with Crippen LogP contribution in [0.15, 0.2) is 42.6 Å². The summed E-state index contributed by atoms with van der Waals surface area (Å²) in [6.07, 6.45) is 5.08. The standard InChI is InChI=1S/C27H33N3O5S/c1-17-12-25(35-2)23(22-8-10-28-26(17)22)16-29-11-9-20(30-14-21(15-30)36(3,33)34)13-24(29)18-4-6-19(7-5-18)27(31)32/h4-8,10,12,20-21,24,28H,9,11,13-16H2,1-3H3,(H,31,32)/t20-,24-/m1/s1. The van der Waals surface area contributed by atoms with Gasteiger partial charge in [-0.1, -0.05) is 12.1 Å². The number of aryl methyl sites for hydroxylation is 1. The van der Waals surface area contributed by atoms with Gasteiger partial charge in [0, 0.05) is 67.2 Å². The Hall–Kier alpha value is -2.88. The molecule has 8 nitrogen and oxygen atoms in total. The SMILES string of the molecule is COc1cc(C)c2[nH]ccc2c1CN1CC[C@@H](N2CC(S(C)(=O)=O)C2)C[C@@H]1c1ccc(C(=O)O)cc1. The third-order valence-electron chi connectivity index (χ3n) is 7.92. The molecule has 9 heteroatoms. The van der Waals surface area contributed by atoms with Gasteiger partial charge in [-0.15, -0.1) is 0 Å². The lowest BCUT2D eigenvalue weighted by Crippen LogP contribution is -2.60. The number of sulfone groups is 1. The summed E-state index contributed by atoms with van der Waals surface area (Å²) in [4.78, 5) is 19.5. The summed E-state index contributed by atoms with van der Waals surface area (Å²) in [5.74, 6) is -0.0769. The van der Waals surface area contributed by atoms with E-state index in [1.807, 2.05) is 18.3 Å². The van der Waals surface area contributed by atoms with Crippen molar-refractivity contribution < 1.29 is 23.1 Å². The average Bonchev–Trinajstić information content (AvgIpc) is 3.30. The van der Waals surface area contributed by atoms with Gasteiger partial charge in [-0.2, -0.15) is 0 Å². The van der Waals surface area contributed by atoms with E-state index in [0.717, 1.165) is 52.7 Å². The Labute approximate surface area is 211 Å². The largest absolute Gasteiger partial charge is 0.496 e. The maximum Gasteiger partial charge on any atom is 0.335 e. The molecular weight excluding hydrogens is 478 g/mol. The molecule has 2 aliphatic rings. The van der Waals surface area contributed by atoms with Gasteiger partial charge in [-0.3, -0.25) is 9.80 Å². The van der Waals surface area contributed by atoms with E-state index in [0.29, 0.717) is 19.6 Å². The van der Waals surface area contributed by atoms with Crippen LogP contribution >= 0.6 is 0 Å². The minimum Gasteiger partial charge on any atom is -0.496 e. The first-order chi connectivity index (χ1) is 17.2. The van der Waals surface area contributed by atoms with Crippen molar-refractivity contribution in [3.63, 3.8) is 0 Å². The van der Waals surface area contributed by atoms with Crippen molar-refractivity contribution in [2.45, 2.75) is 43.6 Å². The summed E-state index contributed by atoms with van der Waals surface area (Å²) >= 11 is 0. The van der Waals surface area contributed by atoms with Crippen molar-refractivity contribution in [2.24, 2.45) is 0 Å². The molecule has 2 fully saturated rings. The number of H-pyrrole nitrogens is 1. The second-order valence-electron chi connectivity index (χ2n) is 10.1. The molecule has 2 N–H and O–H groups in total. The highest BCUT2D eigenvalue weighted by molar-refractivity contribution is 7.91. The molecule has 2 atom stereocenters. The van der Waals surface area contributed by atoms with Gasteiger partial charge >= 0.3 is 5.97 Å². The van der Waals surface area contributed by atoms with E-state index in [-0.39, 0.29) is 22.9 Å². The van der Waals surface area contributed by atoms with Gasteiger partial charge in [-0.25, -0.2) is 13.2 Å². The smallest absolute Gasteiger partial charge is 0.335 e. The van der Waals surface area contributed by atoms with Crippen LogP contribution in [0.1, 0.15) is 45.9 Å². The van der Waals surface area contributed by atoms with Gasteiger partial charge in [0.1, 0.15) is 5.75 Å². The quantitative estimate of drug-likeness (QED) is 0.499. The molecule has 2 saturated heterocycles. The Balaban J connectivity index is 1.44. The van der Waals surface area contributed by atoms with Crippen molar-refractivity contribution in [1.29, 1.82) is 0 Å². The van der Waals surface area contributed by atoms with E-state index in [9.17, 15) is 18.3 Å². The van der Waals surface area contributed by atoms with Crippen molar-refractivity contribution >= 4 is 26.7 Å². The van der Waals surface area contributed by atoms with Crippen molar-refractivity contribution in [1.82, 2.24) is 14.8 Å². The number of aromatic nitrogens is 1. The molecule has 0 aliphatic carbocycles. The lowest BCUT2D eigenvalue weighted by atomic mass is 9.88. The van der Waals surface area contributed by atoms with Crippen LogP contribution in [0, 0.1) is 6.92 Å². The van der Waals surface area contributed by atoms with Crippen molar-refractivity contribution in [3.8, 4) is 5.75 Å². The van der Waals surface area contributed by atoms with E-state index in [1.54, 1.807) is 19.2 Å². The van der Waals surface area contributed by atoms with Crippen LogP contribution in [0.25, 0.3) is 10.9 Å². The zero-order chi connectivity index (χ0) is 25.6. The third-order valence-corrected chi connectivity index (χ3v) is 9.43. The van der Waals surface area contributed by atoms with Crippen molar-refractivity contribution in [2.75, 3.05) is 33.0 Å². The Morgan fingerprint density at radius 3 is 2.56 bits per heavy atom. The molecule has 192 valence electrons. The number of nitrogens with one attached hydrogen (secondary N) is 1. The number of carbonyl (C=O) groups is 1. The van der Waals surface area contributed by atoms with Crippen LogP contribution in [-0.4, -0.2) is 78.6 Å². The zero-order valence-electron chi connectivity index (χ0n) is 20.9. The molecule has 3 heterocycles. The van der Waals surface area contributed by atoms with E-state index < -0.39 is 15.8 Å². The fraction of sp³-hybridized carbons (Fsp3) is 0.444. The predicted octanol–water partition coefficient (Wildman–Crippen LogP) is 3.62. The number of ether oxygens (including phenoxy) is 1. The number of aromatic amines is 1. The van der Waals surface area contributed by atoms with Crippen LogP contribution in [0.4, 0.5) is 0 Å². The van der Waals surface area contributed by atoms with Gasteiger partial charge in [0.15, 0.2) is 9.84 Å². The third kappa shape index (κ3) is 4.63. The number of nitrogens with zero attached hydrogens (tertiary/aromatic N) is 2. The number of carboxylic acids is 1. The molecule has 0 bridgehead atoms. The summed E-state index contributed by atoms with van der Waals surface area (Å²) < 4.78 is 29.7. The Kier molecular flexibility index (Phi) is 6.57. The number of piperidine rings is 1. The first-order valence-corrected chi connectivity index (χ1v) is 14.2. The Morgan fingerprint density at radius 2 is 1.92 bits per heavy atom. The molecule has 2 aliphatic heterocycles. The van der Waals surface area contributed by atoms with Gasteiger partial charge in [-0.05, 0) is 55.2 Å². The second-order valence-corrected chi connectivity index (χ2v) is 12.5. The fourth-order valence-electron chi connectivity index (χ4n) is 5.73. The molecule has 0 unspecified atom stereocenters. The molecule has 0 spiro atoms. The van der Waals surface area contributed by atoms with E-state index in [4.69, 9.17) is 4.74 Å². The Bertz CT molecular complexity index is 1380. The lowest BCUT2D eigenvalue weighted by molar-refractivity contribution is 0.0312. The highest BCUT2D eigenvalue weighted by Crippen LogP contribution is 2.39. The summed E-state index contributed by atoms with van der Waals surface area (Å²) in [6.45, 7) is 4.79. The number of fused-ring (bicyclic) bond motifs is 1. The van der Waals surface area contributed by atoms with E-state index in [2.05, 4.69) is 33.8 Å². The number of likely N-dealkylation sites (tertiary alicyclic amines) is 2. The van der Waals surface area contributed by atoms with Crippen LogP contribution in [0.3, 0.4) is 0 Å². The molecular formula is C27H33N3O5S. The monoisotopic (exact) mass is 511 g/mol.